The van der Waals surface area contributed by atoms with Crippen molar-refractivity contribution in [3.05, 3.63) is 63.7 Å². The maximum Gasteiger partial charge on any atom is 0.293 e. The Kier molecular flexibility index (Phi) is 6.79. The molecule has 1 saturated heterocycles. The number of carbonyl (C=O) groups excluding carboxylic acids is 2. The van der Waals surface area contributed by atoms with Crippen molar-refractivity contribution in [1.29, 1.82) is 0 Å². The summed E-state index contributed by atoms with van der Waals surface area (Å²) in [5, 5.41) is 17.0. The Labute approximate surface area is 175 Å². The number of anilines is 2. The van der Waals surface area contributed by atoms with Gasteiger partial charge in [0.25, 0.3) is 5.69 Å². The van der Waals surface area contributed by atoms with Crippen molar-refractivity contribution in [3.63, 3.8) is 0 Å². The minimum atomic E-state index is -0.493. The van der Waals surface area contributed by atoms with Crippen LogP contribution in [0.1, 0.15) is 24.0 Å². The molecule has 8 nitrogen and oxygen atoms in total. The highest BCUT2D eigenvalue weighted by molar-refractivity contribution is 5.96. The van der Waals surface area contributed by atoms with Crippen molar-refractivity contribution in [2.45, 2.75) is 26.7 Å². The second kappa shape index (κ2) is 9.49. The molecule has 2 aromatic rings. The van der Waals surface area contributed by atoms with Crippen molar-refractivity contribution < 1.29 is 14.5 Å². The van der Waals surface area contributed by atoms with Crippen LogP contribution < -0.4 is 10.6 Å². The van der Waals surface area contributed by atoms with Crippen molar-refractivity contribution >= 4 is 28.9 Å². The molecule has 1 aliphatic heterocycles. The van der Waals surface area contributed by atoms with Gasteiger partial charge < -0.3 is 10.6 Å². The molecule has 0 unspecified atom stereocenters. The predicted molar refractivity (Wildman–Crippen MR) is 115 cm³/mol. The lowest BCUT2D eigenvalue weighted by molar-refractivity contribution is -0.384. The van der Waals surface area contributed by atoms with Gasteiger partial charge >= 0.3 is 0 Å². The number of nitro groups is 1. The average molecular weight is 410 g/mol. The average Bonchev–Trinajstić information content (AvgIpc) is 2.72. The van der Waals surface area contributed by atoms with Gasteiger partial charge in [-0.1, -0.05) is 24.3 Å². The zero-order valence-corrected chi connectivity index (χ0v) is 17.2. The van der Waals surface area contributed by atoms with E-state index in [-0.39, 0.29) is 35.7 Å². The zero-order chi connectivity index (χ0) is 21.7. The molecule has 2 N–H and O–H groups in total. The highest BCUT2D eigenvalue weighted by Crippen LogP contribution is 2.30. The predicted octanol–water partition coefficient (Wildman–Crippen LogP) is 3.50. The molecule has 3 rings (SSSR count). The topological polar surface area (TPSA) is 105 Å². The van der Waals surface area contributed by atoms with Crippen LogP contribution in [0.2, 0.25) is 0 Å². The largest absolute Gasteiger partial charge is 0.326 e. The molecule has 0 aliphatic carbocycles. The van der Waals surface area contributed by atoms with E-state index >= 15 is 0 Å². The summed E-state index contributed by atoms with van der Waals surface area (Å²) in [6.45, 7) is 4.86. The Morgan fingerprint density at radius 1 is 1.13 bits per heavy atom. The number of carbonyl (C=O) groups is 2. The molecule has 2 amide bonds. The van der Waals surface area contributed by atoms with E-state index in [4.69, 9.17) is 0 Å². The molecule has 1 fully saturated rings. The highest BCUT2D eigenvalue weighted by Gasteiger charge is 2.27. The number of rotatable bonds is 6. The Morgan fingerprint density at radius 2 is 1.87 bits per heavy atom. The Morgan fingerprint density at radius 3 is 2.57 bits per heavy atom. The first-order valence-corrected chi connectivity index (χ1v) is 9.98. The normalized spacial score (nSPS) is 16.7. The number of piperidine rings is 1. The van der Waals surface area contributed by atoms with Crippen molar-refractivity contribution in [2.24, 2.45) is 5.92 Å². The van der Waals surface area contributed by atoms with E-state index in [2.05, 4.69) is 10.6 Å². The monoisotopic (exact) mass is 410 g/mol. The zero-order valence-electron chi connectivity index (χ0n) is 17.2. The molecule has 8 heteroatoms. The van der Waals surface area contributed by atoms with Crippen LogP contribution >= 0.6 is 0 Å². The minimum absolute atomic E-state index is 0.0588. The minimum Gasteiger partial charge on any atom is -0.326 e. The number of benzene rings is 2. The first-order chi connectivity index (χ1) is 14.3. The third-order valence-corrected chi connectivity index (χ3v) is 5.46. The number of likely N-dealkylation sites (tertiary alicyclic amines) is 1. The third-order valence-electron chi connectivity index (χ3n) is 5.46. The lowest BCUT2D eigenvalue weighted by Crippen LogP contribution is -2.44. The molecule has 30 heavy (non-hydrogen) atoms. The summed E-state index contributed by atoms with van der Waals surface area (Å²) in [5.41, 5.74) is 2.41. The van der Waals surface area contributed by atoms with Crippen molar-refractivity contribution in [1.82, 2.24) is 4.90 Å². The number of nitro benzene ring substituents is 1. The maximum atomic E-state index is 12.6. The van der Waals surface area contributed by atoms with Gasteiger partial charge in [0.1, 0.15) is 5.69 Å². The Balaban J connectivity index is 1.61. The van der Waals surface area contributed by atoms with E-state index in [1.54, 1.807) is 13.0 Å². The second-order valence-corrected chi connectivity index (χ2v) is 7.64. The molecule has 1 aliphatic rings. The van der Waals surface area contributed by atoms with Crippen LogP contribution in [0.3, 0.4) is 0 Å². The van der Waals surface area contributed by atoms with Crippen LogP contribution in [0, 0.1) is 29.9 Å². The van der Waals surface area contributed by atoms with Gasteiger partial charge in [0, 0.05) is 18.3 Å². The fourth-order valence-corrected chi connectivity index (χ4v) is 3.67. The summed E-state index contributed by atoms with van der Waals surface area (Å²) >= 11 is 0. The smallest absolute Gasteiger partial charge is 0.293 e. The molecule has 0 saturated carbocycles. The van der Waals surface area contributed by atoms with E-state index in [1.807, 2.05) is 42.2 Å². The van der Waals surface area contributed by atoms with Crippen molar-refractivity contribution in [2.75, 3.05) is 30.3 Å². The molecular formula is C22H26N4O4. The van der Waals surface area contributed by atoms with E-state index < -0.39 is 4.92 Å². The second-order valence-electron chi connectivity index (χ2n) is 7.64. The van der Waals surface area contributed by atoms with Gasteiger partial charge in [-0.15, -0.1) is 0 Å². The van der Waals surface area contributed by atoms with Crippen LogP contribution in [0.15, 0.2) is 42.5 Å². The van der Waals surface area contributed by atoms with Crippen LogP contribution in [-0.2, 0) is 9.59 Å². The lowest BCUT2D eigenvalue weighted by atomic mass is 9.97. The van der Waals surface area contributed by atoms with Crippen molar-refractivity contribution in [3.8, 4) is 0 Å². The molecule has 1 heterocycles. The number of nitrogens with one attached hydrogen (secondary N) is 2. The van der Waals surface area contributed by atoms with Crippen LogP contribution in [0.4, 0.5) is 17.1 Å². The van der Waals surface area contributed by atoms with Gasteiger partial charge in [-0.3, -0.25) is 24.6 Å². The summed E-state index contributed by atoms with van der Waals surface area (Å²) in [6.07, 6.45) is 1.57. The molecule has 158 valence electrons. The summed E-state index contributed by atoms with van der Waals surface area (Å²) in [6, 6.07) is 12.4. The van der Waals surface area contributed by atoms with Gasteiger partial charge in [-0.05, 0) is 56.5 Å². The highest BCUT2D eigenvalue weighted by atomic mass is 16.6. The number of hydrogen-bond donors (Lipinski definition) is 2. The van der Waals surface area contributed by atoms with Gasteiger partial charge in [-0.2, -0.15) is 0 Å². The number of para-hydroxylation sites is 1. The Hall–Kier alpha value is -3.26. The molecule has 1 atom stereocenters. The fraction of sp³-hybridized carbons (Fsp3) is 0.364. The van der Waals surface area contributed by atoms with Gasteiger partial charge in [0.15, 0.2) is 0 Å². The maximum absolute atomic E-state index is 12.6. The van der Waals surface area contributed by atoms with Gasteiger partial charge in [0.2, 0.25) is 11.8 Å². The van der Waals surface area contributed by atoms with Crippen LogP contribution in [0.25, 0.3) is 0 Å². The van der Waals surface area contributed by atoms with Gasteiger partial charge in [-0.25, -0.2) is 0 Å². The summed E-state index contributed by atoms with van der Waals surface area (Å²) in [4.78, 5) is 37.9. The summed E-state index contributed by atoms with van der Waals surface area (Å²) < 4.78 is 0. The molecule has 0 bridgehead atoms. The standard InChI is InChI=1S/C22H26N4O4/c1-15-10-11-19(26(29)30)21(16(15)2)24-20(27)14-25-12-6-7-17(13-25)22(28)23-18-8-4-3-5-9-18/h3-5,8-11,17H,6-7,12-14H2,1-2H3,(H,23,28)(H,24,27)/t17-/m0/s1. The van der Waals surface area contributed by atoms with Gasteiger partial charge in [0.05, 0.1) is 17.4 Å². The molecule has 0 aromatic heterocycles. The van der Waals surface area contributed by atoms with E-state index in [0.717, 1.165) is 24.1 Å². The summed E-state index contributed by atoms with van der Waals surface area (Å²) in [7, 11) is 0. The lowest BCUT2D eigenvalue weighted by Gasteiger charge is -2.31. The Bertz CT molecular complexity index is 946. The number of nitrogens with zero attached hydrogens (tertiary/aromatic N) is 2. The number of aryl methyl sites for hydroxylation is 1. The van der Waals surface area contributed by atoms with E-state index in [0.29, 0.717) is 18.7 Å². The van der Waals surface area contributed by atoms with Crippen LogP contribution in [0.5, 0.6) is 0 Å². The molecular weight excluding hydrogens is 384 g/mol. The quantitative estimate of drug-likeness (QED) is 0.560. The van der Waals surface area contributed by atoms with E-state index in [1.165, 1.54) is 6.07 Å². The number of amides is 2. The SMILES string of the molecule is Cc1ccc([N+](=O)[O-])c(NC(=O)CN2CCC[C@H](C(=O)Nc3ccccc3)C2)c1C. The first kappa shape index (κ1) is 21.4. The van der Waals surface area contributed by atoms with E-state index in [9.17, 15) is 19.7 Å². The first-order valence-electron chi connectivity index (χ1n) is 9.98. The number of hydrogen-bond acceptors (Lipinski definition) is 5. The molecule has 0 spiro atoms. The third kappa shape index (κ3) is 5.21. The van der Waals surface area contributed by atoms with Crippen LogP contribution in [-0.4, -0.2) is 41.3 Å². The molecule has 2 aromatic carbocycles. The fourth-order valence-electron chi connectivity index (χ4n) is 3.67. The summed E-state index contributed by atoms with van der Waals surface area (Å²) in [5.74, 6) is -0.589. The molecule has 0 radical (unpaired) electrons.